The van der Waals surface area contributed by atoms with Crippen LogP contribution in [0.3, 0.4) is 0 Å². The highest BCUT2D eigenvalue weighted by molar-refractivity contribution is 7.26. The normalized spacial score (nSPS) is 11.9. The van der Waals surface area contributed by atoms with Gasteiger partial charge >= 0.3 is 0 Å². The third-order valence-electron chi connectivity index (χ3n) is 22.2. The number of rotatable bonds is 16. The third-order valence-corrected chi connectivity index (χ3v) is 25.6. The largest absolute Gasteiger partial charge is 0.356 e. The topological polar surface area (TPSA) is 45.8 Å². The van der Waals surface area contributed by atoms with Gasteiger partial charge in [0.05, 0.1) is 6.85 Å². The van der Waals surface area contributed by atoms with Gasteiger partial charge < -0.3 is 30.7 Å². The highest BCUT2D eigenvalue weighted by Gasteiger charge is 2.21. The Balaban J connectivity index is 0.000000115. The van der Waals surface area contributed by atoms with E-state index in [4.69, 9.17) is 6.85 Å². The molecule has 3 aromatic heterocycles. The van der Waals surface area contributed by atoms with Crippen molar-refractivity contribution in [1.29, 1.82) is 0 Å². The van der Waals surface area contributed by atoms with Crippen LogP contribution in [-0.4, -0.2) is 0 Å². The van der Waals surface area contributed by atoms with Crippen molar-refractivity contribution < 1.29 is 6.85 Å². The van der Waals surface area contributed by atoms with Crippen LogP contribution in [0.25, 0.3) is 115 Å². The summed E-state index contributed by atoms with van der Waals surface area (Å²) in [5.74, 6) is 0. The number of benzene rings is 20. The molecule has 0 saturated heterocycles. The highest BCUT2D eigenvalue weighted by Crippen LogP contribution is 2.47. The van der Waals surface area contributed by atoms with Crippen molar-refractivity contribution in [2.24, 2.45) is 0 Å². The molecular weight excluding hydrogens is 1530 g/mol. The van der Waals surface area contributed by atoms with Gasteiger partial charge in [-0.15, -0.1) is 34.0 Å². The Bertz CT molecular complexity index is 7940. The van der Waals surface area contributed by atoms with E-state index in [9.17, 15) is 0 Å². The minimum atomic E-state index is -0.405. The van der Waals surface area contributed by atoms with Gasteiger partial charge in [0.15, 0.2) is 0 Å². The lowest BCUT2D eigenvalue weighted by atomic mass is 10.0. The number of anilines is 15. The number of thiophene rings is 3. The molecule has 3 heterocycles. The Kier molecular flexibility index (Phi) is 18.4. The number of fused-ring (bicyclic) bond motifs is 13. The Morgan fingerprint density at radius 2 is 0.455 bits per heavy atom. The average molecular weight is 1610 g/mol. The molecule has 574 valence electrons. The second-order valence-electron chi connectivity index (χ2n) is 30.0. The Morgan fingerprint density at radius 3 is 0.876 bits per heavy atom. The molecule has 9 heteroatoms. The zero-order valence-electron chi connectivity index (χ0n) is 70.5. The minimum Gasteiger partial charge on any atom is -0.356 e. The number of nitrogens with zero attached hydrogens (tertiary/aromatic N) is 3. The lowest BCUT2D eigenvalue weighted by molar-refractivity contribution is 1.29. The first-order valence-corrected chi connectivity index (χ1v) is 42.8. The van der Waals surface area contributed by atoms with Crippen LogP contribution in [0.15, 0.2) is 455 Å². The predicted molar refractivity (Wildman–Crippen MR) is 527 cm³/mol. The summed E-state index contributed by atoms with van der Waals surface area (Å²) >= 11 is 5.40. The van der Waals surface area contributed by atoms with Crippen LogP contribution in [0.1, 0.15) is 6.85 Å². The monoisotopic (exact) mass is 1610 g/mol. The van der Waals surface area contributed by atoms with E-state index >= 15 is 0 Å². The van der Waals surface area contributed by atoms with Gasteiger partial charge in [0.25, 0.3) is 0 Å². The zero-order valence-corrected chi connectivity index (χ0v) is 67.9. The molecule has 6 nitrogen and oxygen atoms in total. The van der Waals surface area contributed by atoms with Gasteiger partial charge in [0.1, 0.15) is 0 Å². The van der Waals surface area contributed by atoms with Gasteiger partial charge in [-0.2, -0.15) is 0 Å². The fourth-order valence-corrected chi connectivity index (χ4v) is 19.8. The SMILES string of the molecule is [2H]c1c([2H])c([2H])c(Nc2ccc3sc4cc(N(c5ccccc5)c5ccc(-c6ccccc6)cc5)ccc4c3c2)c([2H])c1[2H].c1ccc(N(c2ccc3ccccc3c2)c2ccc3c(c2)sc2ccc(Nc4ccc5ccccc5c4)cc23)cc1.c1ccc(Nc2ccc3sc4cc(N(c5ccc6ccccc6c5)c5ccc6ccccc6c5)ccc4c3c2)cc1. The van der Waals surface area contributed by atoms with Crippen LogP contribution in [0, 0.1) is 0 Å². The highest BCUT2D eigenvalue weighted by atomic mass is 32.1. The minimum absolute atomic E-state index is 0.0638. The molecule has 121 heavy (non-hydrogen) atoms. The number of hydrogen-bond acceptors (Lipinski definition) is 9. The van der Waals surface area contributed by atoms with E-state index in [0.717, 1.165) is 99.7 Å². The van der Waals surface area contributed by atoms with Crippen LogP contribution in [0.2, 0.25) is 0 Å². The van der Waals surface area contributed by atoms with E-state index in [1.807, 2.05) is 71.2 Å². The standard InChI is InChI=1S/2C38H26N2S.C36H26N2S/c1-2-12-30(13-3-1)39-31-16-21-37-36(24-31)35-20-19-34(25-38(35)41-37)40(32-17-14-26-8-4-6-10-28(26)22-32)33-18-15-27-9-5-7-11-29(27)23-33;1-2-12-32(13-3-1)40(33-18-15-27-9-5-7-11-29(27)23-33)34-19-20-35-36-24-31(17-21-37(36)41-38(35)25-34)39-30-16-14-26-8-4-6-10-28(26)22-30;1-4-10-26(11-5-1)27-16-19-31(20-17-27)38(30-14-8-3-9-15-30)32-21-22-33-34-24-29(37-28-12-6-2-7-13-28)18-23-35(34)39-36(33)25-32/h2*1-25,39H;1-25,37H/i;;2D,6D,7D,12D,13D. The summed E-state index contributed by atoms with van der Waals surface area (Å²) < 4.78 is 47.8. The van der Waals surface area contributed by atoms with Crippen molar-refractivity contribution in [3.05, 3.63) is 455 Å². The van der Waals surface area contributed by atoms with Crippen LogP contribution in [0.5, 0.6) is 0 Å². The maximum Gasteiger partial charge on any atom is 0.0645 e. The molecule has 20 aromatic carbocycles. The molecule has 0 bridgehead atoms. The van der Waals surface area contributed by atoms with E-state index in [2.05, 4.69) is 407 Å². The molecule has 0 aliphatic heterocycles. The van der Waals surface area contributed by atoms with E-state index in [1.165, 1.54) is 89.0 Å². The molecule has 0 aliphatic carbocycles. The summed E-state index contributed by atoms with van der Waals surface area (Å²) in [6, 6.07) is 149. The van der Waals surface area contributed by atoms with Crippen molar-refractivity contribution in [3.63, 3.8) is 0 Å². The molecule has 0 saturated carbocycles. The lowest BCUT2D eigenvalue weighted by Gasteiger charge is -2.26. The maximum atomic E-state index is 8.27. The molecule has 3 N–H and O–H groups in total. The lowest BCUT2D eigenvalue weighted by Crippen LogP contribution is -2.09. The summed E-state index contributed by atoms with van der Waals surface area (Å²) in [5, 5.41) is 27.4. The third kappa shape index (κ3) is 15.4. The van der Waals surface area contributed by atoms with E-state index < -0.39 is 6.04 Å². The van der Waals surface area contributed by atoms with Gasteiger partial charge in [-0.1, -0.05) is 255 Å². The van der Waals surface area contributed by atoms with E-state index in [0.29, 0.717) is 5.69 Å². The molecule has 23 rings (SSSR count). The molecule has 0 atom stereocenters. The Morgan fingerprint density at radius 1 is 0.174 bits per heavy atom. The van der Waals surface area contributed by atoms with Gasteiger partial charge in [0.2, 0.25) is 0 Å². The van der Waals surface area contributed by atoms with Gasteiger partial charge in [0, 0.05) is 146 Å². The molecule has 23 aromatic rings. The summed E-state index contributed by atoms with van der Waals surface area (Å²) in [4.78, 5) is 6.98. The quantitative estimate of drug-likeness (QED) is 0.0896. The number of nitrogens with one attached hydrogen (secondary N) is 3. The number of para-hydroxylation sites is 4. The first-order chi connectivity index (χ1) is 61.9. The first kappa shape index (κ1) is 68.0. The fourth-order valence-electron chi connectivity index (χ4n) is 16.4. The van der Waals surface area contributed by atoms with E-state index in [-0.39, 0.29) is 29.9 Å². The number of hydrogen-bond donors (Lipinski definition) is 3. The molecular formula is C112H78N6S3. The van der Waals surface area contributed by atoms with Gasteiger partial charge in [-0.25, -0.2) is 0 Å². The summed E-state index contributed by atoms with van der Waals surface area (Å²) in [7, 11) is 0. The Labute approximate surface area is 721 Å². The zero-order chi connectivity index (χ0) is 84.7. The summed E-state index contributed by atoms with van der Waals surface area (Å²) in [6.45, 7) is 0. The molecule has 0 unspecified atom stereocenters. The Hall–Kier alpha value is -15.1. The van der Waals surface area contributed by atoms with Gasteiger partial charge in [-0.3, -0.25) is 0 Å². The fraction of sp³-hybridized carbons (Fsp3) is 0. The van der Waals surface area contributed by atoms with Crippen molar-refractivity contribution >= 4 is 223 Å². The molecule has 0 aliphatic rings. The van der Waals surface area contributed by atoms with Crippen molar-refractivity contribution in [3.8, 4) is 11.1 Å². The van der Waals surface area contributed by atoms with Gasteiger partial charge in [-0.05, 0) is 254 Å². The van der Waals surface area contributed by atoms with Crippen molar-refractivity contribution in [2.45, 2.75) is 0 Å². The van der Waals surface area contributed by atoms with Crippen LogP contribution in [0.4, 0.5) is 85.3 Å². The average Bonchev–Trinajstić information content (AvgIpc) is 1.62. The van der Waals surface area contributed by atoms with Crippen LogP contribution in [-0.2, 0) is 0 Å². The second kappa shape index (κ2) is 32.8. The summed E-state index contributed by atoms with van der Waals surface area (Å²) in [5.41, 5.74) is 17.5. The molecule has 0 spiro atoms. The van der Waals surface area contributed by atoms with E-state index in [1.54, 1.807) is 11.3 Å². The van der Waals surface area contributed by atoms with Crippen molar-refractivity contribution in [2.75, 3.05) is 30.7 Å². The second-order valence-corrected chi connectivity index (χ2v) is 33.2. The molecule has 0 amide bonds. The molecule has 0 fully saturated rings. The van der Waals surface area contributed by atoms with Crippen LogP contribution >= 0.6 is 34.0 Å². The van der Waals surface area contributed by atoms with Crippen molar-refractivity contribution in [1.82, 2.24) is 0 Å². The summed E-state index contributed by atoms with van der Waals surface area (Å²) in [6.07, 6.45) is 0. The first-order valence-electron chi connectivity index (χ1n) is 42.9. The smallest absolute Gasteiger partial charge is 0.0645 e. The van der Waals surface area contributed by atoms with Crippen LogP contribution < -0.4 is 30.7 Å². The maximum absolute atomic E-state index is 8.27. The predicted octanol–water partition coefficient (Wildman–Crippen LogP) is 34.1. The molecule has 0 radical (unpaired) electrons.